The lowest BCUT2D eigenvalue weighted by Crippen LogP contribution is -2.69. The molecule has 1 fully saturated rings. The molecule has 0 saturated carbocycles. The molecule has 0 unspecified atom stereocenters. The number of rotatable bonds is 10. The molecule has 0 spiro atoms. The van der Waals surface area contributed by atoms with Crippen LogP contribution < -0.4 is 20.1 Å². The van der Waals surface area contributed by atoms with Crippen molar-refractivity contribution >= 4 is 17.8 Å². The molecule has 0 bridgehead atoms. The van der Waals surface area contributed by atoms with E-state index in [1.165, 1.54) is 0 Å². The number of ether oxygens (including phenoxy) is 3. The first-order valence-corrected chi connectivity index (χ1v) is 12.6. The molecular formula is C29H26N4O7. The van der Waals surface area contributed by atoms with Gasteiger partial charge in [-0.15, -0.1) is 0 Å². The Labute approximate surface area is 229 Å². The van der Waals surface area contributed by atoms with E-state index in [1.54, 1.807) is 43.3 Å². The summed E-state index contributed by atoms with van der Waals surface area (Å²) in [6, 6.07) is 20.5. The number of nitrogens with zero attached hydrogens (tertiary/aromatic N) is 2. The summed E-state index contributed by atoms with van der Waals surface area (Å²) in [5, 5.41) is 8.26. The predicted octanol–water partition coefficient (Wildman–Crippen LogP) is 4.41. The average Bonchev–Trinajstić information content (AvgIpc) is 3.44. The Bertz CT molecular complexity index is 1510. The second kappa shape index (κ2) is 11.4. The van der Waals surface area contributed by atoms with Crippen molar-refractivity contribution in [3.63, 3.8) is 0 Å². The van der Waals surface area contributed by atoms with Gasteiger partial charge in [0.05, 0.1) is 6.61 Å². The SMILES string of the molecule is CCOCCC1(Oc2ccc(Oc3ccc(-c4nc(-c5cccc(C)c5)no4)cc3)cc2)C(=O)NC(=O)NC1=O. The fraction of sp³-hybridized carbons (Fsp3) is 0.207. The van der Waals surface area contributed by atoms with E-state index in [4.69, 9.17) is 18.7 Å². The zero-order valence-corrected chi connectivity index (χ0v) is 21.8. The largest absolute Gasteiger partial charge is 0.467 e. The number of amides is 4. The Kier molecular flexibility index (Phi) is 7.56. The smallest absolute Gasteiger partial charge is 0.328 e. The van der Waals surface area contributed by atoms with Crippen molar-refractivity contribution in [3.8, 4) is 40.1 Å². The summed E-state index contributed by atoms with van der Waals surface area (Å²) in [5.74, 6) is 0.488. The molecule has 5 rings (SSSR count). The van der Waals surface area contributed by atoms with Gasteiger partial charge in [0.2, 0.25) is 5.82 Å². The van der Waals surface area contributed by atoms with E-state index >= 15 is 0 Å². The van der Waals surface area contributed by atoms with Gasteiger partial charge in [0, 0.05) is 24.2 Å². The molecule has 0 atom stereocenters. The summed E-state index contributed by atoms with van der Waals surface area (Å²) in [7, 11) is 0. The number of hydrogen-bond acceptors (Lipinski definition) is 9. The number of urea groups is 1. The molecule has 0 radical (unpaired) electrons. The number of aromatic nitrogens is 2. The standard InChI is InChI=1S/C29H26N4O7/c1-3-37-16-15-29(26(34)31-28(36)32-27(29)35)39-23-13-11-22(12-14-23)38-21-9-7-19(8-10-21)25-30-24(33-40-25)20-6-4-5-18(2)17-20/h4-14,17H,3,15-16H2,1-2H3,(H2,31,32,34,35,36). The fourth-order valence-electron chi connectivity index (χ4n) is 4.09. The van der Waals surface area contributed by atoms with Gasteiger partial charge in [-0.3, -0.25) is 20.2 Å². The molecule has 3 aromatic carbocycles. The van der Waals surface area contributed by atoms with Crippen LogP contribution in [0.3, 0.4) is 0 Å². The highest BCUT2D eigenvalue weighted by molar-refractivity contribution is 6.21. The van der Waals surface area contributed by atoms with Crippen LogP contribution in [0, 0.1) is 6.92 Å². The first kappa shape index (κ1) is 26.6. The van der Waals surface area contributed by atoms with E-state index in [1.807, 2.05) is 43.3 Å². The summed E-state index contributed by atoms with van der Waals surface area (Å²) < 4.78 is 22.5. The van der Waals surface area contributed by atoms with Crippen LogP contribution in [0.1, 0.15) is 18.9 Å². The van der Waals surface area contributed by atoms with Crippen molar-refractivity contribution in [1.82, 2.24) is 20.8 Å². The van der Waals surface area contributed by atoms with Crippen LogP contribution in [-0.4, -0.2) is 46.8 Å². The van der Waals surface area contributed by atoms with E-state index in [2.05, 4.69) is 20.8 Å². The van der Waals surface area contributed by atoms with Gasteiger partial charge in [0.15, 0.2) is 0 Å². The van der Waals surface area contributed by atoms with Gasteiger partial charge in [0.1, 0.15) is 17.2 Å². The molecule has 0 aliphatic carbocycles. The van der Waals surface area contributed by atoms with Crippen molar-refractivity contribution in [3.05, 3.63) is 78.4 Å². The maximum Gasteiger partial charge on any atom is 0.328 e. The van der Waals surface area contributed by atoms with Gasteiger partial charge in [0.25, 0.3) is 23.3 Å². The van der Waals surface area contributed by atoms with Crippen LogP contribution in [0.2, 0.25) is 0 Å². The van der Waals surface area contributed by atoms with Gasteiger partial charge < -0.3 is 18.7 Å². The Balaban J connectivity index is 1.25. The third-order valence-electron chi connectivity index (χ3n) is 6.15. The lowest BCUT2D eigenvalue weighted by Gasteiger charge is -2.34. The van der Waals surface area contributed by atoms with E-state index in [-0.39, 0.29) is 18.8 Å². The van der Waals surface area contributed by atoms with Crippen LogP contribution in [0.15, 0.2) is 77.3 Å². The molecule has 1 saturated heterocycles. The van der Waals surface area contributed by atoms with Gasteiger partial charge in [-0.1, -0.05) is 28.9 Å². The lowest BCUT2D eigenvalue weighted by atomic mass is 9.95. The van der Waals surface area contributed by atoms with Gasteiger partial charge in [-0.2, -0.15) is 4.98 Å². The molecular weight excluding hydrogens is 516 g/mol. The van der Waals surface area contributed by atoms with Gasteiger partial charge in [-0.25, -0.2) is 4.79 Å². The summed E-state index contributed by atoms with van der Waals surface area (Å²) in [4.78, 5) is 41.4. The molecule has 40 heavy (non-hydrogen) atoms. The second-order valence-corrected chi connectivity index (χ2v) is 9.00. The number of hydrogen-bond donors (Lipinski definition) is 2. The van der Waals surface area contributed by atoms with Crippen LogP contribution in [0.5, 0.6) is 17.2 Å². The number of aryl methyl sites for hydroxylation is 1. The topological polar surface area (TPSA) is 142 Å². The zero-order chi connectivity index (χ0) is 28.1. The monoisotopic (exact) mass is 542 g/mol. The highest BCUT2D eigenvalue weighted by Gasteiger charge is 2.52. The summed E-state index contributed by atoms with van der Waals surface area (Å²) >= 11 is 0. The quantitative estimate of drug-likeness (QED) is 0.220. The third-order valence-corrected chi connectivity index (χ3v) is 6.15. The molecule has 4 aromatic rings. The van der Waals surface area contributed by atoms with E-state index in [9.17, 15) is 14.4 Å². The summed E-state index contributed by atoms with van der Waals surface area (Å²) in [6.07, 6.45) is -0.0804. The third kappa shape index (κ3) is 5.69. The second-order valence-electron chi connectivity index (χ2n) is 9.00. The molecule has 11 heteroatoms. The highest BCUT2D eigenvalue weighted by Crippen LogP contribution is 2.30. The molecule has 204 valence electrons. The van der Waals surface area contributed by atoms with Crippen molar-refractivity contribution in [2.45, 2.75) is 25.9 Å². The Hall–Kier alpha value is -5.03. The van der Waals surface area contributed by atoms with E-state index < -0.39 is 23.4 Å². The van der Waals surface area contributed by atoms with Crippen LogP contribution in [0.25, 0.3) is 22.8 Å². The minimum absolute atomic E-state index is 0.0804. The maximum absolute atomic E-state index is 12.6. The maximum atomic E-state index is 12.6. The summed E-state index contributed by atoms with van der Waals surface area (Å²) in [6.45, 7) is 4.27. The molecule has 1 aromatic heterocycles. The lowest BCUT2D eigenvalue weighted by molar-refractivity contribution is -0.153. The minimum atomic E-state index is -1.95. The molecule has 2 heterocycles. The highest BCUT2D eigenvalue weighted by atomic mass is 16.5. The Morgan fingerprint density at radius 3 is 2.15 bits per heavy atom. The minimum Gasteiger partial charge on any atom is -0.467 e. The number of carbonyl (C=O) groups excluding carboxylic acids is 3. The number of nitrogens with one attached hydrogen (secondary N) is 2. The van der Waals surface area contributed by atoms with Crippen LogP contribution in [-0.2, 0) is 14.3 Å². The fourth-order valence-corrected chi connectivity index (χ4v) is 4.09. The van der Waals surface area contributed by atoms with Crippen LogP contribution in [0.4, 0.5) is 4.79 Å². The van der Waals surface area contributed by atoms with Gasteiger partial charge >= 0.3 is 6.03 Å². The van der Waals surface area contributed by atoms with E-state index in [0.717, 1.165) is 16.7 Å². The van der Waals surface area contributed by atoms with E-state index in [0.29, 0.717) is 29.8 Å². The number of carbonyl (C=O) groups is 3. The number of imide groups is 2. The molecule has 1 aliphatic rings. The number of benzene rings is 3. The molecule has 4 amide bonds. The molecule has 1 aliphatic heterocycles. The van der Waals surface area contributed by atoms with Crippen molar-refractivity contribution in [2.24, 2.45) is 0 Å². The summed E-state index contributed by atoms with van der Waals surface area (Å²) in [5.41, 5.74) is 0.769. The number of barbiturate groups is 1. The molecule has 11 nitrogen and oxygen atoms in total. The first-order valence-electron chi connectivity index (χ1n) is 12.6. The predicted molar refractivity (Wildman–Crippen MR) is 143 cm³/mol. The van der Waals surface area contributed by atoms with Gasteiger partial charge in [-0.05, 0) is 68.4 Å². The van der Waals surface area contributed by atoms with Crippen molar-refractivity contribution in [2.75, 3.05) is 13.2 Å². The zero-order valence-electron chi connectivity index (χ0n) is 21.8. The Morgan fingerprint density at radius 2 is 1.50 bits per heavy atom. The van der Waals surface area contributed by atoms with Crippen molar-refractivity contribution in [1.29, 1.82) is 0 Å². The first-order chi connectivity index (χ1) is 19.4. The normalized spacial score (nSPS) is 14.4. The Morgan fingerprint density at radius 1 is 0.850 bits per heavy atom. The van der Waals surface area contributed by atoms with Crippen LogP contribution >= 0.6 is 0 Å². The average molecular weight is 543 g/mol. The molecule has 2 N–H and O–H groups in total. The van der Waals surface area contributed by atoms with Crippen molar-refractivity contribution < 1.29 is 33.1 Å².